The second-order valence-corrected chi connectivity index (χ2v) is 7.24. The third-order valence-electron chi connectivity index (χ3n) is 4.08. The number of thioether (sulfide) groups is 1. The molecule has 1 saturated carbocycles. The fourth-order valence-electron chi connectivity index (χ4n) is 2.82. The summed E-state index contributed by atoms with van der Waals surface area (Å²) in [6, 6.07) is 6.75. The molecule has 0 aliphatic heterocycles. The average Bonchev–Trinajstić information content (AvgIpc) is 3.10. The van der Waals surface area contributed by atoms with Crippen molar-refractivity contribution in [1.29, 1.82) is 5.26 Å². The number of nitriles is 1. The lowest BCUT2D eigenvalue weighted by Gasteiger charge is -2.17. The van der Waals surface area contributed by atoms with Crippen LogP contribution in [0.4, 0.5) is 5.69 Å². The molecule has 0 bridgehead atoms. The van der Waals surface area contributed by atoms with Gasteiger partial charge in [-0.25, -0.2) is 0 Å². The number of carbonyl (C=O) groups excluding carboxylic acids is 1. The van der Waals surface area contributed by atoms with E-state index in [1.54, 1.807) is 18.2 Å². The van der Waals surface area contributed by atoms with Crippen LogP contribution in [0.15, 0.2) is 27.8 Å². The predicted octanol–water partition coefficient (Wildman–Crippen LogP) is 4.37. The summed E-state index contributed by atoms with van der Waals surface area (Å²) in [5.41, 5.74) is 0.758. The molecule has 1 aliphatic rings. The summed E-state index contributed by atoms with van der Waals surface area (Å²) in [4.78, 5) is 12.1. The lowest BCUT2D eigenvalue weighted by atomic mass is 9.89. The van der Waals surface area contributed by atoms with E-state index in [1.165, 1.54) is 31.0 Å². The second-order valence-electron chi connectivity index (χ2n) is 5.88. The summed E-state index contributed by atoms with van der Waals surface area (Å²) in [6.45, 7) is 0. The number of nitrogens with one attached hydrogen (secondary N) is 1. The van der Waals surface area contributed by atoms with Crippen molar-refractivity contribution in [3.05, 3.63) is 34.7 Å². The SMILES string of the molecule is N#Cc1ccc(Cl)cc1NC(=O)CSc1nnc(C2CCCCC2)o1. The van der Waals surface area contributed by atoms with Gasteiger partial charge in [-0.1, -0.05) is 42.6 Å². The van der Waals surface area contributed by atoms with E-state index >= 15 is 0 Å². The minimum atomic E-state index is -0.263. The largest absolute Gasteiger partial charge is 0.416 e. The second kappa shape index (κ2) is 8.37. The molecule has 0 unspecified atom stereocenters. The van der Waals surface area contributed by atoms with E-state index in [-0.39, 0.29) is 11.7 Å². The van der Waals surface area contributed by atoms with Crippen LogP contribution in [0, 0.1) is 11.3 Å². The zero-order chi connectivity index (χ0) is 17.6. The molecule has 1 heterocycles. The first-order valence-electron chi connectivity index (χ1n) is 8.11. The van der Waals surface area contributed by atoms with Gasteiger partial charge in [-0.3, -0.25) is 4.79 Å². The Bertz CT molecular complexity index is 796. The van der Waals surface area contributed by atoms with Crippen molar-refractivity contribution in [2.45, 2.75) is 43.2 Å². The Kier molecular flexibility index (Phi) is 5.95. The highest BCUT2D eigenvalue weighted by Crippen LogP contribution is 2.33. The fourth-order valence-corrected chi connectivity index (χ4v) is 3.57. The number of nitrogens with zero attached hydrogens (tertiary/aromatic N) is 3. The monoisotopic (exact) mass is 376 g/mol. The molecule has 0 saturated heterocycles. The van der Waals surface area contributed by atoms with Crippen molar-refractivity contribution >= 4 is 35.0 Å². The maximum atomic E-state index is 12.1. The van der Waals surface area contributed by atoms with Crippen LogP contribution in [0.1, 0.15) is 49.5 Å². The number of anilines is 1. The highest BCUT2D eigenvalue weighted by atomic mass is 35.5. The van der Waals surface area contributed by atoms with Crippen LogP contribution in [0.2, 0.25) is 5.02 Å². The van der Waals surface area contributed by atoms with Crippen molar-refractivity contribution in [3.8, 4) is 6.07 Å². The smallest absolute Gasteiger partial charge is 0.277 e. The summed E-state index contributed by atoms with van der Waals surface area (Å²) in [5.74, 6) is 0.864. The van der Waals surface area contributed by atoms with Gasteiger partial charge in [0.15, 0.2) is 0 Å². The van der Waals surface area contributed by atoms with E-state index in [0.29, 0.717) is 33.3 Å². The van der Waals surface area contributed by atoms with Crippen molar-refractivity contribution < 1.29 is 9.21 Å². The molecule has 2 aromatic rings. The van der Waals surface area contributed by atoms with Crippen LogP contribution >= 0.6 is 23.4 Å². The highest BCUT2D eigenvalue weighted by Gasteiger charge is 2.21. The van der Waals surface area contributed by atoms with E-state index in [9.17, 15) is 4.79 Å². The van der Waals surface area contributed by atoms with Gasteiger partial charge in [-0.15, -0.1) is 10.2 Å². The Morgan fingerprint density at radius 2 is 2.16 bits per heavy atom. The van der Waals surface area contributed by atoms with E-state index in [0.717, 1.165) is 12.8 Å². The number of amides is 1. The Balaban J connectivity index is 1.55. The topological polar surface area (TPSA) is 91.8 Å². The zero-order valence-electron chi connectivity index (χ0n) is 13.5. The molecule has 0 radical (unpaired) electrons. The van der Waals surface area contributed by atoms with Gasteiger partial charge in [0.05, 0.1) is 17.0 Å². The molecule has 1 amide bonds. The number of aromatic nitrogens is 2. The molecule has 25 heavy (non-hydrogen) atoms. The fraction of sp³-hybridized carbons (Fsp3) is 0.412. The first kappa shape index (κ1) is 17.8. The first-order valence-corrected chi connectivity index (χ1v) is 9.48. The molecule has 130 valence electrons. The van der Waals surface area contributed by atoms with Crippen LogP contribution in [0.25, 0.3) is 0 Å². The molecule has 0 atom stereocenters. The standard InChI is InChI=1S/C17H17ClN4O2S/c18-13-7-6-12(9-19)14(8-13)20-15(23)10-25-17-22-21-16(24-17)11-4-2-1-3-5-11/h6-8,11H,1-5,10H2,(H,20,23). The minimum Gasteiger partial charge on any atom is -0.416 e. The Hall–Kier alpha value is -2.04. The van der Waals surface area contributed by atoms with Gasteiger partial charge in [0.2, 0.25) is 11.8 Å². The number of rotatable bonds is 5. The molecule has 1 N–H and O–H groups in total. The summed E-state index contributed by atoms with van der Waals surface area (Å²) in [6.07, 6.45) is 5.81. The molecular formula is C17H17ClN4O2S. The number of benzene rings is 1. The molecule has 3 rings (SSSR count). The Morgan fingerprint density at radius 1 is 1.36 bits per heavy atom. The molecule has 1 fully saturated rings. The Labute approximate surface area is 154 Å². The molecule has 1 aromatic heterocycles. The van der Waals surface area contributed by atoms with Crippen molar-refractivity contribution in [1.82, 2.24) is 10.2 Å². The third kappa shape index (κ3) is 4.74. The van der Waals surface area contributed by atoms with Gasteiger partial charge < -0.3 is 9.73 Å². The molecule has 1 aromatic carbocycles. The Morgan fingerprint density at radius 3 is 2.92 bits per heavy atom. The normalized spacial score (nSPS) is 14.9. The van der Waals surface area contributed by atoms with Crippen molar-refractivity contribution in [2.75, 3.05) is 11.1 Å². The van der Waals surface area contributed by atoms with Crippen LogP contribution in [-0.4, -0.2) is 21.9 Å². The molecule has 8 heteroatoms. The summed E-state index contributed by atoms with van der Waals surface area (Å²) < 4.78 is 5.68. The van der Waals surface area contributed by atoms with Gasteiger partial charge in [-0.05, 0) is 31.0 Å². The van der Waals surface area contributed by atoms with Crippen LogP contribution < -0.4 is 5.32 Å². The maximum Gasteiger partial charge on any atom is 0.277 e. The van der Waals surface area contributed by atoms with Gasteiger partial charge in [0, 0.05) is 10.9 Å². The highest BCUT2D eigenvalue weighted by molar-refractivity contribution is 7.99. The van der Waals surface area contributed by atoms with Crippen molar-refractivity contribution in [3.63, 3.8) is 0 Å². The van der Waals surface area contributed by atoms with E-state index in [1.807, 2.05) is 6.07 Å². The number of carbonyl (C=O) groups is 1. The predicted molar refractivity (Wildman–Crippen MR) is 95.6 cm³/mol. The van der Waals surface area contributed by atoms with E-state index in [2.05, 4.69) is 15.5 Å². The average molecular weight is 377 g/mol. The molecular weight excluding hydrogens is 360 g/mol. The quantitative estimate of drug-likeness (QED) is 0.779. The summed E-state index contributed by atoms with van der Waals surface area (Å²) in [5, 5.41) is 20.7. The van der Waals surface area contributed by atoms with E-state index in [4.69, 9.17) is 21.3 Å². The van der Waals surface area contributed by atoms with E-state index < -0.39 is 0 Å². The van der Waals surface area contributed by atoms with Crippen LogP contribution in [0.3, 0.4) is 0 Å². The van der Waals surface area contributed by atoms with Crippen LogP contribution in [0.5, 0.6) is 0 Å². The van der Waals surface area contributed by atoms with Crippen molar-refractivity contribution in [2.24, 2.45) is 0 Å². The lowest BCUT2D eigenvalue weighted by molar-refractivity contribution is -0.113. The molecule has 0 spiro atoms. The minimum absolute atomic E-state index is 0.115. The third-order valence-corrected chi connectivity index (χ3v) is 5.13. The van der Waals surface area contributed by atoms with Gasteiger partial charge in [0.1, 0.15) is 6.07 Å². The lowest BCUT2D eigenvalue weighted by Crippen LogP contribution is -2.15. The van der Waals surface area contributed by atoms with Gasteiger partial charge >= 0.3 is 0 Å². The molecule has 1 aliphatic carbocycles. The molecule has 6 nitrogen and oxygen atoms in total. The maximum absolute atomic E-state index is 12.1. The van der Waals surface area contributed by atoms with Crippen LogP contribution in [-0.2, 0) is 4.79 Å². The van der Waals surface area contributed by atoms with Gasteiger partial charge in [-0.2, -0.15) is 5.26 Å². The number of halogens is 1. The number of hydrogen-bond donors (Lipinski definition) is 1. The van der Waals surface area contributed by atoms with Gasteiger partial charge in [0.25, 0.3) is 5.22 Å². The summed E-state index contributed by atoms with van der Waals surface area (Å²) >= 11 is 7.09. The number of hydrogen-bond acceptors (Lipinski definition) is 6. The summed E-state index contributed by atoms with van der Waals surface area (Å²) in [7, 11) is 0. The zero-order valence-corrected chi connectivity index (χ0v) is 15.1. The first-order chi connectivity index (χ1) is 12.2.